The number of nitrogens with zero attached hydrogens (tertiary/aromatic N) is 2. The Morgan fingerprint density at radius 2 is 1.41 bits per heavy atom. The van der Waals surface area contributed by atoms with Gasteiger partial charge < -0.3 is 25.2 Å². The molecule has 0 aliphatic carbocycles. The van der Waals surface area contributed by atoms with Gasteiger partial charge in [0.2, 0.25) is 5.91 Å². The Hall–Kier alpha value is -4.66. The average molecular weight is 599 g/mol. The molecule has 1 aliphatic heterocycles. The topological polar surface area (TPSA) is 108 Å². The van der Waals surface area contributed by atoms with Crippen molar-refractivity contribution in [1.29, 1.82) is 0 Å². The third-order valence-corrected chi connectivity index (χ3v) is 7.21. The predicted octanol–water partition coefficient (Wildman–Crippen LogP) is 5.41. The number of carbonyl (C=O) groups excluding carboxylic acids is 4. The Morgan fingerprint density at radius 1 is 0.841 bits per heavy atom. The van der Waals surface area contributed by atoms with Gasteiger partial charge in [-0.2, -0.15) is 0 Å². The van der Waals surface area contributed by atoms with Gasteiger partial charge in [0, 0.05) is 17.5 Å². The Morgan fingerprint density at radius 3 is 2.00 bits per heavy atom. The number of fused-ring (bicyclic) bond motifs is 1. The maximum atomic E-state index is 14.3. The lowest BCUT2D eigenvalue weighted by molar-refractivity contribution is -0.130. The molecular weight excluding hydrogens is 556 g/mol. The Labute approximate surface area is 259 Å². The summed E-state index contributed by atoms with van der Waals surface area (Å²) in [7, 11) is 0. The molecule has 44 heavy (non-hydrogen) atoms. The number of hydrogen-bond acceptors (Lipinski definition) is 6. The van der Waals surface area contributed by atoms with Crippen LogP contribution in [0.4, 0.5) is 21.9 Å². The SMILES string of the molecule is CC(C)(C)OC(=O)N[C@@H](Cc1ccccc1)C(=O)NC1CN(c2ccccc2)c2ccccc2N(CC(=O)C(C)(C)C)C1=O. The normalized spacial score (nSPS) is 16.0. The number of carbonyl (C=O) groups is 4. The number of para-hydroxylation sites is 3. The smallest absolute Gasteiger partial charge is 0.408 e. The minimum absolute atomic E-state index is 0.107. The Balaban J connectivity index is 1.71. The van der Waals surface area contributed by atoms with Crippen LogP contribution in [-0.4, -0.2) is 54.5 Å². The minimum atomic E-state index is -1.04. The number of rotatable bonds is 8. The number of benzene rings is 3. The van der Waals surface area contributed by atoms with Crippen LogP contribution in [0.5, 0.6) is 0 Å². The number of Topliss-reactive ketones (excluding diaryl/α,β-unsaturated/α-hetero) is 1. The zero-order valence-electron chi connectivity index (χ0n) is 26.3. The number of ketones is 1. The van der Waals surface area contributed by atoms with Gasteiger partial charge in [-0.15, -0.1) is 0 Å². The van der Waals surface area contributed by atoms with Crippen LogP contribution in [0.2, 0.25) is 0 Å². The van der Waals surface area contributed by atoms with Crippen molar-refractivity contribution in [3.63, 3.8) is 0 Å². The highest BCUT2D eigenvalue weighted by Gasteiger charge is 2.38. The van der Waals surface area contributed by atoms with E-state index >= 15 is 0 Å². The molecule has 0 saturated carbocycles. The fraction of sp³-hybridized carbons (Fsp3) is 0.371. The fourth-order valence-corrected chi connectivity index (χ4v) is 4.87. The van der Waals surface area contributed by atoms with Crippen molar-refractivity contribution in [3.05, 3.63) is 90.5 Å². The van der Waals surface area contributed by atoms with Crippen molar-refractivity contribution in [2.45, 2.75) is 65.6 Å². The molecule has 4 rings (SSSR count). The van der Waals surface area contributed by atoms with E-state index in [1.165, 1.54) is 4.90 Å². The zero-order chi connectivity index (χ0) is 32.1. The first kappa shape index (κ1) is 32.3. The molecule has 0 aromatic heterocycles. The standard InChI is InChI=1S/C35H42N4O5/c1-34(2,3)30(40)23-39-29-20-14-13-19-28(29)38(25-17-11-8-12-18-25)22-27(32(39)42)36-31(41)26(21-24-15-9-7-10-16-24)37-33(43)44-35(4,5)6/h7-20,26-27H,21-23H2,1-6H3,(H,36,41)(H,37,43)/t26-,27?/m0/s1. The van der Waals surface area contributed by atoms with Crippen LogP contribution in [0.25, 0.3) is 0 Å². The van der Waals surface area contributed by atoms with Gasteiger partial charge in [0.1, 0.15) is 17.7 Å². The van der Waals surface area contributed by atoms with Crippen molar-refractivity contribution in [3.8, 4) is 0 Å². The van der Waals surface area contributed by atoms with Crippen molar-refractivity contribution in [1.82, 2.24) is 10.6 Å². The van der Waals surface area contributed by atoms with Crippen LogP contribution in [-0.2, 0) is 25.5 Å². The second-order valence-electron chi connectivity index (χ2n) is 13.0. The van der Waals surface area contributed by atoms with Gasteiger partial charge in [-0.3, -0.25) is 14.4 Å². The minimum Gasteiger partial charge on any atom is -0.444 e. The third-order valence-electron chi connectivity index (χ3n) is 7.21. The zero-order valence-corrected chi connectivity index (χ0v) is 26.3. The molecule has 3 aromatic rings. The first-order valence-corrected chi connectivity index (χ1v) is 14.8. The molecule has 1 unspecified atom stereocenters. The second-order valence-corrected chi connectivity index (χ2v) is 13.0. The second kappa shape index (κ2) is 13.3. The summed E-state index contributed by atoms with van der Waals surface area (Å²) in [6.07, 6.45) is -0.557. The van der Waals surface area contributed by atoms with E-state index in [0.29, 0.717) is 5.69 Å². The van der Waals surface area contributed by atoms with E-state index in [2.05, 4.69) is 10.6 Å². The molecule has 0 bridgehead atoms. The molecule has 1 heterocycles. The van der Waals surface area contributed by atoms with Crippen LogP contribution in [0.1, 0.15) is 47.1 Å². The van der Waals surface area contributed by atoms with Gasteiger partial charge in [-0.1, -0.05) is 81.4 Å². The number of alkyl carbamates (subject to hydrolysis) is 1. The molecule has 2 N–H and O–H groups in total. The molecule has 0 fully saturated rings. The highest BCUT2D eigenvalue weighted by Crippen LogP contribution is 2.37. The van der Waals surface area contributed by atoms with Crippen LogP contribution in [0.15, 0.2) is 84.9 Å². The highest BCUT2D eigenvalue weighted by atomic mass is 16.6. The highest BCUT2D eigenvalue weighted by molar-refractivity contribution is 6.08. The number of ether oxygens (including phenoxy) is 1. The van der Waals surface area contributed by atoms with E-state index in [4.69, 9.17) is 4.74 Å². The quantitative estimate of drug-likeness (QED) is 0.359. The first-order valence-electron chi connectivity index (χ1n) is 14.8. The lowest BCUT2D eigenvalue weighted by Crippen LogP contribution is -2.58. The molecule has 0 radical (unpaired) electrons. The molecule has 1 aliphatic rings. The maximum absolute atomic E-state index is 14.3. The third kappa shape index (κ3) is 8.24. The lowest BCUT2D eigenvalue weighted by Gasteiger charge is -2.29. The molecular formula is C35H42N4O5. The van der Waals surface area contributed by atoms with Gasteiger partial charge in [0.05, 0.1) is 24.5 Å². The summed E-state index contributed by atoms with van der Waals surface area (Å²) in [6.45, 7) is 10.6. The van der Waals surface area contributed by atoms with Gasteiger partial charge >= 0.3 is 6.09 Å². The molecule has 9 heteroatoms. The molecule has 3 amide bonds. The Kier molecular flexibility index (Phi) is 9.77. The van der Waals surface area contributed by atoms with Crippen molar-refractivity contribution >= 4 is 40.8 Å². The number of amides is 3. The van der Waals surface area contributed by atoms with E-state index in [0.717, 1.165) is 16.9 Å². The van der Waals surface area contributed by atoms with Crippen molar-refractivity contribution < 1.29 is 23.9 Å². The summed E-state index contributed by atoms with van der Waals surface area (Å²) in [6, 6.07) is 24.2. The summed E-state index contributed by atoms with van der Waals surface area (Å²) < 4.78 is 5.45. The fourth-order valence-electron chi connectivity index (χ4n) is 4.87. The summed E-state index contributed by atoms with van der Waals surface area (Å²) >= 11 is 0. The predicted molar refractivity (Wildman–Crippen MR) is 172 cm³/mol. The van der Waals surface area contributed by atoms with Gasteiger partial charge in [-0.25, -0.2) is 4.79 Å². The van der Waals surface area contributed by atoms with Crippen LogP contribution in [0, 0.1) is 5.41 Å². The summed E-state index contributed by atoms with van der Waals surface area (Å²) in [5.41, 5.74) is 1.51. The Bertz CT molecular complexity index is 1480. The summed E-state index contributed by atoms with van der Waals surface area (Å²) in [4.78, 5) is 57.7. The lowest BCUT2D eigenvalue weighted by atomic mass is 9.90. The largest absolute Gasteiger partial charge is 0.444 e. The summed E-state index contributed by atoms with van der Waals surface area (Å²) in [5, 5.41) is 5.62. The van der Waals surface area contributed by atoms with E-state index < -0.39 is 41.0 Å². The summed E-state index contributed by atoms with van der Waals surface area (Å²) in [5.74, 6) is -1.08. The molecule has 9 nitrogen and oxygen atoms in total. The van der Waals surface area contributed by atoms with Gasteiger partial charge in [-0.05, 0) is 50.6 Å². The molecule has 2 atom stereocenters. The number of anilines is 3. The van der Waals surface area contributed by atoms with Crippen molar-refractivity contribution in [2.24, 2.45) is 5.41 Å². The number of hydrogen-bond donors (Lipinski definition) is 2. The number of nitrogens with one attached hydrogen (secondary N) is 2. The van der Waals surface area contributed by atoms with Crippen LogP contribution < -0.4 is 20.4 Å². The monoisotopic (exact) mass is 598 g/mol. The van der Waals surface area contributed by atoms with E-state index in [9.17, 15) is 19.2 Å². The van der Waals surface area contributed by atoms with Gasteiger partial charge in [0.15, 0.2) is 5.78 Å². The first-order chi connectivity index (χ1) is 20.7. The van der Waals surface area contributed by atoms with Crippen LogP contribution in [0.3, 0.4) is 0 Å². The van der Waals surface area contributed by atoms with E-state index in [-0.39, 0.29) is 25.3 Å². The molecule has 0 saturated heterocycles. The molecule has 3 aromatic carbocycles. The molecule has 232 valence electrons. The van der Waals surface area contributed by atoms with E-state index in [1.807, 2.05) is 111 Å². The van der Waals surface area contributed by atoms with Crippen LogP contribution >= 0.6 is 0 Å². The maximum Gasteiger partial charge on any atom is 0.408 e. The average Bonchev–Trinajstić information content (AvgIpc) is 3.07. The van der Waals surface area contributed by atoms with Crippen molar-refractivity contribution in [2.75, 3.05) is 22.9 Å². The molecule has 0 spiro atoms. The van der Waals surface area contributed by atoms with Gasteiger partial charge in [0.25, 0.3) is 5.91 Å². The van der Waals surface area contributed by atoms with E-state index in [1.54, 1.807) is 20.8 Å².